The molecule has 0 aliphatic carbocycles. The lowest BCUT2D eigenvalue weighted by Crippen LogP contribution is -1.98. The molecule has 0 aromatic heterocycles. The Kier molecular flexibility index (Phi) is 4.99. The zero-order valence-electron chi connectivity index (χ0n) is 11.8. The van der Waals surface area contributed by atoms with Gasteiger partial charge in [-0.15, -0.1) is 0 Å². The van der Waals surface area contributed by atoms with Gasteiger partial charge in [-0.3, -0.25) is 0 Å². The summed E-state index contributed by atoms with van der Waals surface area (Å²) in [5.41, 5.74) is 3.37. The number of ether oxygens (including phenoxy) is 1. The van der Waals surface area contributed by atoms with Crippen LogP contribution in [0.1, 0.15) is 22.3 Å². The summed E-state index contributed by atoms with van der Waals surface area (Å²) in [6, 6.07) is 15.1. The van der Waals surface area contributed by atoms with Crippen molar-refractivity contribution in [3.8, 4) is 23.7 Å². The minimum atomic E-state index is -0.183. The van der Waals surface area contributed by atoms with E-state index in [1.807, 2.05) is 37.3 Å². The lowest BCUT2D eigenvalue weighted by Gasteiger charge is -2.09. The second-order valence-electron chi connectivity index (χ2n) is 4.56. The third-order valence-corrected chi connectivity index (χ3v) is 2.89. The third-order valence-electron chi connectivity index (χ3n) is 2.89. The van der Waals surface area contributed by atoms with E-state index in [0.717, 1.165) is 16.7 Å². The molecule has 21 heavy (non-hydrogen) atoms. The average Bonchev–Trinajstić information content (AvgIpc) is 2.52. The molecule has 0 spiro atoms. The van der Waals surface area contributed by atoms with Crippen LogP contribution >= 0.6 is 0 Å². The van der Waals surface area contributed by atoms with E-state index in [4.69, 9.17) is 15.1 Å². The van der Waals surface area contributed by atoms with Crippen molar-refractivity contribution in [1.29, 1.82) is 5.26 Å². The molecular formula is C18H15NO2. The van der Waals surface area contributed by atoms with Gasteiger partial charge in [-0.05, 0) is 42.3 Å². The molecule has 1 N–H and O–H groups in total. The Hall–Kier alpha value is -2.75. The lowest BCUT2D eigenvalue weighted by atomic mass is 10.1. The molecule has 104 valence electrons. The Morgan fingerprint density at radius 3 is 2.81 bits per heavy atom. The number of benzene rings is 2. The minimum Gasteiger partial charge on any atom is -0.488 e. The first-order valence-electron chi connectivity index (χ1n) is 6.55. The Morgan fingerprint density at radius 1 is 1.19 bits per heavy atom. The van der Waals surface area contributed by atoms with Crippen LogP contribution in [0.4, 0.5) is 0 Å². The standard InChI is InChI=1S/C18H15NO2/c1-14-7-8-18(17(10-14)6-3-9-20)21-13-16-5-2-4-15(11-16)12-19/h2,4-5,7-8,10-11,20H,9,13H2,1H3. The minimum absolute atomic E-state index is 0.183. The van der Waals surface area contributed by atoms with Crippen molar-refractivity contribution in [3.63, 3.8) is 0 Å². The van der Waals surface area contributed by atoms with E-state index in [0.29, 0.717) is 17.9 Å². The van der Waals surface area contributed by atoms with Crippen molar-refractivity contribution >= 4 is 0 Å². The highest BCUT2D eigenvalue weighted by atomic mass is 16.5. The van der Waals surface area contributed by atoms with Gasteiger partial charge in [0, 0.05) is 0 Å². The van der Waals surface area contributed by atoms with E-state index in [1.165, 1.54) is 0 Å². The zero-order chi connectivity index (χ0) is 15.1. The highest BCUT2D eigenvalue weighted by Crippen LogP contribution is 2.20. The molecule has 0 atom stereocenters. The molecule has 2 rings (SSSR count). The fraction of sp³-hybridized carbons (Fsp3) is 0.167. The van der Waals surface area contributed by atoms with Gasteiger partial charge < -0.3 is 9.84 Å². The molecule has 0 radical (unpaired) electrons. The molecule has 0 amide bonds. The fourth-order valence-corrected chi connectivity index (χ4v) is 1.89. The zero-order valence-corrected chi connectivity index (χ0v) is 11.8. The van der Waals surface area contributed by atoms with Crippen LogP contribution in [0.2, 0.25) is 0 Å². The molecule has 0 unspecified atom stereocenters. The third kappa shape index (κ3) is 4.11. The van der Waals surface area contributed by atoms with E-state index < -0.39 is 0 Å². The Morgan fingerprint density at radius 2 is 2.05 bits per heavy atom. The molecule has 0 aliphatic rings. The summed E-state index contributed by atoms with van der Waals surface area (Å²) in [5, 5.41) is 17.7. The predicted molar refractivity (Wildman–Crippen MR) is 80.6 cm³/mol. The average molecular weight is 277 g/mol. The summed E-state index contributed by atoms with van der Waals surface area (Å²) in [6.45, 7) is 2.16. The van der Waals surface area contributed by atoms with Crippen LogP contribution in [0, 0.1) is 30.1 Å². The van der Waals surface area contributed by atoms with Crippen molar-refractivity contribution in [2.75, 3.05) is 6.61 Å². The number of hydrogen-bond acceptors (Lipinski definition) is 3. The highest BCUT2D eigenvalue weighted by Gasteiger charge is 2.03. The number of aliphatic hydroxyl groups excluding tert-OH is 1. The fourth-order valence-electron chi connectivity index (χ4n) is 1.89. The van der Waals surface area contributed by atoms with Crippen LogP contribution in [0.15, 0.2) is 42.5 Å². The first-order valence-corrected chi connectivity index (χ1v) is 6.55. The Labute approximate surface area is 124 Å². The largest absolute Gasteiger partial charge is 0.488 e. The number of nitriles is 1. The van der Waals surface area contributed by atoms with Gasteiger partial charge in [0.05, 0.1) is 17.2 Å². The molecule has 2 aromatic rings. The Balaban J connectivity index is 2.18. The topological polar surface area (TPSA) is 53.2 Å². The maximum atomic E-state index is 8.89. The van der Waals surface area contributed by atoms with Gasteiger partial charge in [0.2, 0.25) is 0 Å². The molecule has 0 saturated carbocycles. The number of aliphatic hydroxyl groups is 1. The van der Waals surface area contributed by atoms with E-state index in [1.54, 1.807) is 12.1 Å². The maximum Gasteiger partial charge on any atom is 0.135 e. The second-order valence-corrected chi connectivity index (χ2v) is 4.56. The van der Waals surface area contributed by atoms with Gasteiger partial charge in [0.25, 0.3) is 0 Å². The molecule has 0 heterocycles. The van der Waals surface area contributed by atoms with Crippen LogP contribution in [-0.2, 0) is 6.61 Å². The summed E-state index contributed by atoms with van der Waals surface area (Å²) in [4.78, 5) is 0. The van der Waals surface area contributed by atoms with Gasteiger partial charge in [-0.2, -0.15) is 5.26 Å². The van der Waals surface area contributed by atoms with Crippen molar-refractivity contribution in [2.45, 2.75) is 13.5 Å². The summed E-state index contributed by atoms with van der Waals surface area (Å²) in [6.07, 6.45) is 0. The first kappa shape index (κ1) is 14.7. The van der Waals surface area contributed by atoms with Crippen LogP contribution in [0.3, 0.4) is 0 Å². The summed E-state index contributed by atoms with van der Waals surface area (Å²) in [7, 11) is 0. The summed E-state index contributed by atoms with van der Waals surface area (Å²) >= 11 is 0. The van der Waals surface area contributed by atoms with Crippen LogP contribution in [0.5, 0.6) is 5.75 Å². The van der Waals surface area contributed by atoms with Crippen LogP contribution < -0.4 is 4.74 Å². The maximum absolute atomic E-state index is 8.89. The van der Waals surface area contributed by atoms with Crippen molar-refractivity contribution < 1.29 is 9.84 Å². The van der Waals surface area contributed by atoms with Crippen molar-refractivity contribution in [2.24, 2.45) is 0 Å². The lowest BCUT2D eigenvalue weighted by molar-refractivity contribution is 0.305. The van der Waals surface area contributed by atoms with Gasteiger partial charge >= 0.3 is 0 Å². The van der Waals surface area contributed by atoms with E-state index >= 15 is 0 Å². The number of rotatable bonds is 3. The molecule has 0 fully saturated rings. The van der Waals surface area contributed by atoms with E-state index in [-0.39, 0.29) is 6.61 Å². The monoisotopic (exact) mass is 277 g/mol. The SMILES string of the molecule is Cc1ccc(OCc2cccc(C#N)c2)c(C#CCO)c1. The van der Waals surface area contributed by atoms with E-state index in [9.17, 15) is 0 Å². The summed E-state index contributed by atoms with van der Waals surface area (Å²) < 4.78 is 5.78. The van der Waals surface area contributed by atoms with Gasteiger partial charge in [-0.25, -0.2) is 0 Å². The molecular weight excluding hydrogens is 262 g/mol. The van der Waals surface area contributed by atoms with Gasteiger partial charge in [-0.1, -0.05) is 30.0 Å². The first-order chi connectivity index (χ1) is 10.2. The smallest absolute Gasteiger partial charge is 0.135 e. The molecule has 3 heteroatoms. The van der Waals surface area contributed by atoms with Crippen LogP contribution in [-0.4, -0.2) is 11.7 Å². The number of hydrogen-bond donors (Lipinski definition) is 1. The second kappa shape index (κ2) is 7.14. The van der Waals surface area contributed by atoms with Crippen LogP contribution in [0.25, 0.3) is 0 Å². The summed E-state index contributed by atoms with van der Waals surface area (Å²) in [5.74, 6) is 6.19. The quantitative estimate of drug-likeness (QED) is 0.878. The number of nitrogens with zero attached hydrogens (tertiary/aromatic N) is 1. The normalized spacial score (nSPS) is 9.38. The molecule has 0 bridgehead atoms. The van der Waals surface area contributed by atoms with Crippen molar-refractivity contribution in [1.82, 2.24) is 0 Å². The molecule has 0 saturated heterocycles. The van der Waals surface area contributed by atoms with E-state index in [2.05, 4.69) is 17.9 Å². The highest BCUT2D eigenvalue weighted by molar-refractivity contribution is 5.48. The Bertz CT molecular complexity index is 733. The number of aryl methyl sites for hydroxylation is 1. The van der Waals surface area contributed by atoms with Gasteiger partial charge in [0.15, 0.2) is 0 Å². The molecule has 0 aliphatic heterocycles. The molecule has 2 aromatic carbocycles. The molecule has 3 nitrogen and oxygen atoms in total. The van der Waals surface area contributed by atoms with Crippen molar-refractivity contribution in [3.05, 3.63) is 64.7 Å². The predicted octanol–water partition coefficient (Wildman–Crippen LogP) is 2.79. The van der Waals surface area contributed by atoms with Gasteiger partial charge in [0.1, 0.15) is 19.0 Å².